The number of aliphatic hydroxyl groups excluding tert-OH is 1. The molecule has 0 aromatic carbocycles. The van der Waals surface area contributed by atoms with E-state index in [-0.39, 0.29) is 11.8 Å². The van der Waals surface area contributed by atoms with E-state index in [1.54, 1.807) is 12.1 Å². The van der Waals surface area contributed by atoms with Crippen LogP contribution in [-0.4, -0.2) is 34.6 Å². The number of carbonyl (C=O) groups excluding carboxylic acids is 2. The van der Waals surface area contributed by atoms with Gasteiger partial charge in [0, 0.05) is 19.9 Å². The monoisotopic (exact) mass is 235 g/mol. The first-order chi connectivity index (χ1) is 8.08. The van der Waals surface area contributed by atoms with E-state index >= 15 is 0 Å². The summed E-state index contributed by atoms with van der Waals surface area (Å²) in [5, 5.41) is 11.9. The Morgan fingerprint density at radius 1 is 1.59 bits per heavy atom. The molecular formula is C11H13N3O3. The first kappa shape index (κ1) is 11.5. The minimum atomic E-state index is -0.912. The van der Waals surface area contributed by atoms with Crippen molar-refractivity contribution < 1.29 is 14.7 Å². The van der Waals surface area contributed by atoms with E-state index in [4.69, 9.17) is 0 Å². The molecule has 1 atom stereocenters. The Morgan fingerprint density at radius 3 is 2.82 bits per heavy atom. The largest absolute Gasteiger partial charge is 0.383 e. The smallest absolute Gasteiger partial charge is 0.255 e. The average Bonchev–Trinajstić information content (AvgIpc) is 2.60. The Bertz CT molecular complexity index is 444. The van der Waals surface area contributed by atoms with Gasteiger partial charge in [-0.3, -0.25) is 9.59 Å². The second kappa shape index (κ2) is 4.50. The predicted octanol–water partition coefficient (Wildman–Crippen LogP) is 0.138. The number of nitrogens with zero attached hydrogens (tertiary/aromatic N) is 2. The van der Waals surface area contributed by atoms with Crippen molar-refractivity contribution in [2.45, 2.75) is 19.4 Å². The fraction of sp³-hybridized carbons (Fsp3) is 0.364. The Morgan fingerprint density at radius 2 is 2.35 bits per heavy atom. The lowest BCUT2D eigenvalue weighted by atomic mass is 10.3. The summed E-state index contributed by atoms with van der Waals surface area (Å²) < 4.78 is 0. The minimum Gasteiger partial charge on any atom is -0.383 e. The molecule has 17 heavy (non-hydrogen) atoms. The van der Waals surface area contributed by atoms with Crippen molar-refractivity contribution in [3.63, 3.8) is 0 Å². The van der Waals surface area contributed by atoms with E-state index < -0.39 is 6.10 Å². The van der Waals surface area contributed by atoms with Gasteiger partial charge in [0.15, 0.2) is 0 Å². The van der Waals surface area contributed by atoms with Crippen LogP contribution < -0.4 is 10.2 Å². The molecule has 1 aromatic rings. The van der Waals surface area contributed by atoms with Gasteiger partial charge in [0.25, 0.3) is 5.91 Å². The number of hydrogen-bond donors (Lipinski definition) is 2. The summed E-state index contributed by atoms with van der Waals surface area (Å²) in [5.74, 6) is -0.0644. The normalized spacial score (nSPS) is 19.5. The van der Waals surface area contributed by atoms with E-state index in [2.05, 4.69) is 10.3 Å². The molecule has 0 radical (unpaired) electrons. The number of carbonyl (C=O) groups is 2. The number of amides is 2. The summed E-state index contributed by atoms with van der Waals surface area (Å²) in [7, 11) is 0. The van der Waals surface area contributed by atoms with Gasteiger partial charge >= 0.3 is 0 Å². The van der Waals surface area contributed by atoms with Gasteiger partial charge in [0.2, 0.25) is 5.91 Å². The molecule has 6 nitrogen and oxygen atoms in total. The van der Waals surface area contributed by atoms with Crippen LogP contribution in [0.1, 0.15) is 13.3 Å². The second-order valence-electron chi connectivity index (χ2n) is 3.88. The number of aromatic nitrogens is 1. The molecule has 90 valence electrons. The molecular weight excluding hydrogens is 222 g/mol. The summed E-state index contributed by atoms with van der Waals surface area (Å²) in [6, 6.07) is 3.31. The lowest BCUT2D eigenvalue weighted by Gasteiger charge is -2.15. The zero-order valence-electron chi connectivity index (χ0n) is 9.38. The van der Waals surface area contributed by atoms with Gasteiger partial charge in [-0.1, -0.05) is 0 Å². The van der Waals surface area contributed by atoms with Gasteiger partial charge < -0.3 is 15.3 Å². The van der Waals surface area contributed by atoms with Crippen LogP contribution in [0.15, 0.2) is 18.3 Å². The summed E-state index contributed by atoms with van der Waals surface area (Å²) in [5.41, 5.74) is 0.626. The van der Waals surface area contributed by atoms with Crippen LogP contribution >= 0.6 is 0 Å². The Kier molecular flexibility index (Phi) is 3.06. The summed E-state index contributed by atoms with van der Waals surface area (Å²) >= 11 is 0. The van der Waals surface area contributed by atoms with Crippen LogP contribution in [-0.2, 0) is 9.59 Å². The Labute approximate surface area is 98.3 Å². The van der Waals surface area contributed by atoms with E-state index in [0.29, 0.717) is 24.5 Å². The maximum absolute atomic E-state index is 11.5. The number of pyridine rings is 1. The van der Waals surface area contributed by atoms with Gasteiger partial charge in [-0.25, -0.2) is 4.98 Å². The molecule has 6 heteroatoms. The highest BCUT2D eigenvalue weighted by atomic mass is 16.3. The Hall–Kier alpha value is -1.95. The highest BCUT2D eigenvalue weighted by molar-refractivity contribution is 5.98. The molecule has 1 aliphatic rings. The standard InChI is InChI=1S/C11H13N3O3/c1-7(15)13-10-3-2-8(6-12-10)14-5-4-9(16)11(14)17/h2-3,6,9,16H,4-5H2,1H3,(H,12,13,15)/t9-/m1/s1. The molecule has 1 fully saturated rings. The van der Waals surface area contributed by atoms with E-state index in [9.17, 15) is 14.7 Å². The average molecular weight is 235 g/mol. The molecule has 0 spiro atoms. The summed E-state index contributed by atoms with van der Waals surface area (Å²) in [6.45, 7) is 1.89. The van der Waals surface area contributed by atoms with Crippen LogP contribution in [0.3, 0.4) is 0 Å². The van der Waals surface area contributed by atoms with Crippen LogP contribution in [0.5, 0.6) is 0 Å². The molecule has 0 bridgehead atoms. The van der Waals surface area contributed by atoms with Crippen LogP contribution in [0, 0.1) is 0 Å². The van der Waals surface area contributed by atoms with E-state index in [1.165, 1.54) is 18.0 Å². The van der Waals surface area contributed by atoms with Crippen molar-refractivity contribution in [1.82, 2.24) is 4.98 Å². The van der Waals surface area contributed by atoms with Crippen molar-refractivity contribution in [3.8, 4) is 0 Å². The first-order valence-electron chi connectivity index (χ1n) is 5.31. The SMILES string of the molecule is CC(=O)Nc1ccc(N2CC[C@@H](O)C2=O)cn1. The fourth-order valence-corrected chi connectivity index (χ4v) is 1.72. The molecule has 1 aromatic heterocycles. The molecule has 0 aliphatic carbocycles. The summed E-state index contributed by atoms with van der Waals surface area (Å²) in [6.07, 6.45) is 1.03. The quantitative estimate of drug-likeness (QED) is 0.763. The highest BCUT2D eigenvalue weighted by Gasteiger charge is 2.30. The molecule has 2 N–H and O–H groups in total. The second-order valence-corrected chi connectivity index (χ2v) is 3.88. The zero-order valence-corrected chi connectivity index (χ0v) is 9.38. The lowest BCUT2D eigenvalue weighted by molar-refractivity contribution is -0.124. The highest BCUT2D eigenvalue weighted by Crippen LogP contribution is 2.21. The first-order valence-corrected chi connectivity index (χ1v) is 5.31. The van der Waals surface area contributed by atoms with E-state index in [1.807, 2.05) is 0 Å². The minimum absolute atomic E-state index is 0.196. The zero-order chi connectivity index (χ0) is 12.4. The molecule has 2 heterocycles. The van der Waals surface area contributed by atoms with Gasteiger partial charge in [-0.2, -0.15) is 0 Å². The third-order valence-corrected chi connectivity index (χ3v) is 2.54. The number of anilines is 2. The van der Waals surface area contributed by atoms with Crippen LogP contribution in [0.25, 0.3) is 0 Å². The summed E-state index contributed by atoms with van der Waals surface area (Å²) in [4.78, 5) is 27.8. The third kappa shape index (κ3) is 2.42. The van der Waals surface area contributed by atoms with Gasteiger partial charge in [-0.05, 0) is 12.1 Å². The predicted molar refractivity (Wildman–Crippen MR) is 61.5 cm³/mol. The molecule has 0 saturated carbocycles. The molecule has 0 unspecified atom stereocenters. The van der Waals surface area contributed by atoms with Gasteiger partial charge in [0.05, 0.1) is 11.9 Å². The van der Waals surface area contributed by atoms with Crippen molar-refractivity contribution in [2.75, 3.05) is 16.8 Å². The molecule has 1 saturated heterocycles. The number of aliphatic hydroxyl groups is 1. The number of hydrogen-bond acceptors (Lipinski definition) is 4. The van der Waals surface area contributed by atoms with Crippen molar-refractivity contribution >= 4 is 23.3 Å². The third-order valence-electron chi connectivity index (χ3n) is 2.54. The number of rotatable bonds is 2. The Balaban J connectivity index is 2.13. The maximum Gasteiger partial charge on any atom is 0.255 e. The van der Waals surface area contributed by atoms with Gasteiger partial charge in [-0.15, -0.1) is 0 Å². The van der Waals surface area contributed by atoms with E-state index in [0.717, 1.165) is 0 Å². The number of nitrogens with one attached hydrogen (secondary N) is 1. The molecule has 1 aliphatic heterocycles. The van der Waals surface area contributed by atoms with Crippen molar-refractivity contribution in [1.29, 1.82) is 0 Å². The van der Waals surface area contributed by atoms with Crippen LogP contribution in [0.2, 0.25) is 0 Å². The topological polar surface area (TPSA) is 82.5 Å². The fourth-order valence-electron chi connectivity index (χ4n) is 1.72. The molecule has 2 amide bonds. The van der Waals surface area contributed by atoms with Crippen molar-refractivity contribution in [2.24, 2.45) is 0 Å². The molecule has 2 rings (SSSR count). The van der Waals surface area contributed by atoms with Crippen LogP contribution in [0.4, 0.5) is 11.5 Å². The van der Waals surface area contributed by atoms with Crippen molar-refractivity contribution in [3.05, 3.63) is 18.3 Å². The van der Waals surface area contributed by atoms with Gasteiger partial charge in [0.1, 0.15) is 11.9 Å². The maximum atomic E-state index is 11.5. The lowest BCUT2D eigenvalue weighted by Crippen LogP contribution is -2.29.